The zero-order valence-electron chi connectivity index (χ0n) is 21.0. The van der Waals surface area contributed by atoms with Gasteiger partial charge in [0.15, 0.2) is 0 Å². The largest absolute Gasteiger partial charge is 0.0683 e. The molecule has 3 aromatic rings. The minimum Gasteiger partial charge on any atom is -0.0683 e. The van der Waals surface area contributed by atoms with Crippen LogP contribution in [0.25, 0.3) is 23.3 Å². The lowest BCUT2D eigenvalue weighted by Crippen LogP contribution is -2.04. The average molecular weight is 433 g/mol. The monoisotopic (exact) mass is 432 g/mol. The molecule has 5 rings (SSSR count). The Morgan fingerprint density at radius 3 is 2.18 bits per heavy atom. The van der Waals surface area contributed by atoms with Gasteiger partial charge in [0.2, 0.25) is 0 Å². The maximum absolute atomic E-state index is 2.46. The van der Waals surface area contributed by atoms with E-state index < -0.39 is 0 Å². The second-order valence-electron chi connectivity index (χ2n) is 10.8. The summed E-state index contributed by atoms with van der Waals surface area (Å²) >= 11 is 0. The summed E-state index contributed by atoms with van der Waals surface area (Å²) < 4.78 is 0. The first-order chi connectivity index (χ1) is 15.8. The summed E-state index contributed by atoms with van der Waals surface area (Å²) in [5.41, 5.74) is 15.9. The summed E-state index contributed by atoms with van der Waals surface area (Å²) in [7, 11) is 0. The molecule has 3 aromatic carbocycles. The van der Waals surface area contributed by atoms with Crippen molar-refractivity contribution in [3.05, 3.63) is 105 Å². The fourth-order valence-electron chi connectivity index (χ4n) is 5.64. The molecule has 1 atom stereocenters. The highest BCUT2D eigenvalue weighted by Gasteiger charge is 2.27. The Kier molecular flexibility index (Phi) is 5.65. The van der Waals surface area contributed by atoms with E-state index in [0.29, 0.717) is 17.8 Å². The van der Waals surface area contributed by atoms with Crippen LogP contribution in [-0.4, -0.2) is 0 Å². The van der Waals surface area contributed by atoms with Crippen LogP contribution in [0.15, 0.2) is 65.7 Å². The van der Waals surface area contributed by atoms with Gasteiger partial charge in [0.1, 0.15) is 0 Å². The lowest BCUT2D eigenvalue weighted by Gasteiger charge is -2.19. The number of benzene rings is 3. The van der Waals surface area contributed by atoms with Gasteiger partial charge in [-0.2, -0.15) is 0 Å². The molecule has 33 heavy (non-hydrogen) atoms. The Bertz CT molecular complexity index is 1250. The van der Waals surface area contributed by atoms with Gasteiger partial charge in [-0.15, -0.1) is 0 Å². The van der Waals surface area contributed by atoms with E-state index in [-0.39, 0.29) is 0 Å². The van der Waals surface area contributed by atoms with Crippen molar-refractivity contribution in [3.8, 4) is 11.1 Å². The number of hydrogen-bond acceptors (Lipinski definition) is 0. The molecule has 0 fully saturated rings. The van der Waals surface area contributed by atoms with Gasteiger partial charge in [-0.25, -0.2) is 0 Å². The SMILES string of the molecule is CC1=Cc2c(cccc2CC2C(C)=Cc3c(-c4cc(C(C)C)cc(C(C)C)c4)cccc32)C1. The van der Waals surface area contributed by atoms with Gasteiger partial charge in [0.25, 0.3) is 0 Å². The maximum atomic E-state index is 2.46. The van der Waals surface area contributed by atoms with Crippen LogP contribution < -0.4 is 0 Å². The summed E-state index contributed by atoms with van der Waals surface area (Å²) in [6.07, 6.45) is 7.04. The lowest BCUT2D eigenvalue weighted by molar-refractivity contribution is 0.802. The van der Waals surface area contributed by atoms with Gasteiger partial charge in [-0.1, -0.05) is 106 Å². The Morgan fingerprint density at radius 2 is 1.48 bits per heavy atom. The predicted molar refractivity (Wildman–Crippen MR) is 144 cm³/mol. The van der Waals surface area contributed by atoms with Crippen molar-refractivity contribution in [2.45, 2.75) is 72.1 Å². The van der Waals surface area contributed by atoms with Gasteiger partial charge in [-0.3, -0.25) is 0 Å². The molecule has 1 unspecified atom stereocenters. The molecule has 0 spiro atoms. The fraction of sp³-hybridized carbons (Fsp3) is 0.333. The molecule has 168 valence electrons. The van der Waals surface area contributed by atoms with Crippen molar-refractivity contribution in [2.24, 2.45) is 0 Å². The molecule has 0 N–H and O–H groups in total. The average Bonchev–Trinajstić information content (AvgIpc) is 3.32. The first-order valence-corrected chi connectivity index (χ1v) is 12.6. The molecule has 0 radical (unpaired) electrons. The van der Waals surface area contributed by atoms with Crippen molar-refractivity contribution >= 4 is 12.2 Å². The van der Waals surface area contributed by atoms with Crippen LogP contribution in [0.1, 0.15) is 98.2 Å². The Labute approximate surface area is 200 Å². The molecular weight excluding hydrogens is 396 g/mol. The second kappa shape index (κ2) is 8.49. The summed E-state index contributed by atoms with van der Waals surface area (Å²) in [5.74, 6) is 1.51. The van der Waals surface area contributed by atoms with Crippen molar-refractivity contribution in [1.29, 1.82) is 0 Å². The molecule has 0 aliphatic heterocycles. The van der Waals surface area contributed by atoms with Gasteiger partial charge in [-0.05, 0) is 88.6 Å². The fourth-order valence-corrected chi connectivity index (χ4v) is 5.64. The molecule has 2 aliphatic rings. The molecule has 0 heterocycles. The standard InChI is InChI=1S/C33H36/c1-20(2)26-16-27(21(3)4)18-28(17-26)29-11-8-12-30-31(23(6)15-33(29)30)19-25-10-7-9-24-13-22(5)14-32(24)25/h7-12,14-18,20-21,31H,13,19H2,1-6H3. The van der Waals surface area contributed by atoms with Gasteiger partial charge in [0, 0.05) is 5.92 Å². The number of fused-ring (bicyclic) bond motifs is 2. The zero-order valence-corrected chi connectivity index (χ0v) is 21.0. The van der Waals surface area contributed by atoms with E-state index in [4.69, 9.17) is 0 Å². The molecule has 0 saturated heterocycles. The minimum atomic E-state index is 0.457. The first-order valence-electron chi connectivity index (χ1n) is 12.6. The zero-order chi connectivity index (χ0) is 23.3. The predicted octanol–water partition coefficient (Wildman–Crippen LogP) is 9.30. The Balaban J connectivity index is 1.57. The normalized spacial score (nSPS) is 16.8. The Hall–Kier alpha value is -2.86. The van der Waals surface area contributed by atoms with E-state index in [0.717, 1.165) is 12.8 Å². The molecule has 0 aromatic heterocycles. The van der Waals surface area contributed by atoms with Crippen LogP contribution >= 0.6 is 0 Å². The second-order valence-corrected chi connectivity index (χ2v) is 10.8. The van der Waals surface area contributed by atoms with Crippen LogP contribution in [0.4, 0.5) is 0 Å². The topological polar surface area (TPSA) is 0 Å². The third-order valence-corrected chi connectivity index (χ3v) is 7.63. The highest BCUT2D eigenvalue weighted by molar-refractivity contribution is 5.82. The van der Waals surface area contributed by atoms with Crippen LogP contribution in [0, 0.1) is 0 Å². The molecule has 0 saturated carbocycles. The third-order valence-electron chi connectivity index (χ3n) is 7.63. The van der Waals surface area contributed by atoms with Gasteiger partial charge < -0.3 is 0 Å². The number of allylic oxidation sites excluding steroid dienone is 2. The van der Waals surface area contributed by atoms with Crippen molar-refractivity contribution < 1.29 is 0 Å². The summed E-state index contributed by atoms with van der Waals surface area (Å²) in [4.78, 5) is 0. The molecular formula is C33H36. The molecule has 0 nitrogen and oxygen atoms in total. The van der Waals surface area contributed by atoms with Crippen molar-refractivity contribution in [2.75, 3.05) is 0 Å². The highest BCUT2D eigenvalue weighted by Crippen LogP contribution is 2.44. The molecule has 2 aliphatic carbocycles. The maximum Gasteiger partial charge on any atom is 0.00955 e. The third kappa shape index (κ3) is 4.01. The van der Waals surface area contributed by atoms with Gasteiger partial charge >= 0.3 is 0 Å². The minimum absolute atomic E-state index is 0.457. The van der Waals surface area contributed by atoms with Crippen LogP contribution in [-0.2, 0) is 12.8 Å². The molecule has 0 bridgehead atoms. The van der Waals surface area contributed by atoms with Crippen LogP contribution in [0.5, 0.6) is 0 Å². The van der Waals surface area contributed by atoms with E-state index in [1.54, 1.807) is 0 Å². The number of rotatable bonds is 5. The molecule has 0 heteroatoms. The van der Waals surface area contributed by atoms with Crippen LogP contribution in [0.3, 0.4) is 0 Å². The summed E-state index contributed by atoms with van der Waals surface area (Å²) in [6.45, 7) is 13.8. The van der Waals surface area contributed by atoms with E-state index in [2.05, 4.69) is 108 Å². The summed E-state index contributed by atoms with van der Waals surface area (Å²) in [5, 5.41) is 0. The van der Waals surface area contributed by atoms with Crippen molar-refractivity contribution in [1.82, 2.24) is 0 Å². The smallest absolute Gasteiger partial charge is 0.00955 e. The van der Waals surface area contributed by atoms with Crippen LogP contribution in [0.2, 0.25) is 0 Å². The van der Waals surface area contributed by atoms with E-state index in [1.165, 1.54) is 61.2 Å². The van der Waals surface area contributed by atoms with E-state index in [9.17, 15) is 0 Å². The number of hydrogen-bond donors (Lipinski definition) is 0. The highest BCUT2D eigenvalue weighted by atomic mass is 14.3. The summed E-state index contributed by atoms with van der Waals surface area (Å²) in [6, 6.07) is 21.1. The van der Waals surface area contributed by atoms with E-state index >= 15 is 0 Å². The Morgan fingerprint density at radius 1 is 0.788 bits per heavy atom. The first kappa shape index (κ1) is 22.0. The van der Waals surface area contributed by atoms with Crippen molar-refractivity contribution in [3.63, 3.8) is 0 Å². The van der Waals surface area contributed by atoms with Gasteiger partial charge in [0.05, 0.1) is 0 Å². The lowest BCUT2D eigenvalue weighted by atomic mass is 9.85. The molecule has 0 amide bonds. The quantitative estimate of drug-likeness (QED) is 0.377. The van der Waals surface area contributed by atoms with E-state index in [1.807, 2.05) is 0 Å².